The normalized spacial score (nSPS) is 10.4. The van der Waals surface area contributed by atoms with E-state index < -0.39 is 5.97 Å². The average Bonchev–Trinajstić information content (AvgIpc) is 2.75. The van der Waals surface area contributed by atoms with Crippen molar-refractivity contribution in [1.82, 2.24) is 0 Å². The average molecular weight is 375 g/mol. The van der Waals surface area contributed by atoms with Crippen molar-refractivity contribution in [3.63, 3.8) is 0 Å². The molecule has 3 nitrogen and oxygen atoms in total. The summed E-state index contributed by atoms with van der Waals surface area (Å²) in [7, 11) is 1.35. The number of hydrogen-bond acceptors (Lipinski definition) is 4. The minimum atomic E-state index is -0.404. The summed E-state index contributed by atoms with van der Waals surface area (Å²) in [5, 5.41) is 3.75. The van der Waals surface area contributed by atoms with Gasteiger partial charge in [0.25, 0.3) is 0 Å². The van der Waals surface area contributed by atoms with Crippen molar-refractivity contribution in [3.05, 3.63) is 49.1 Å². The molecule has 0 fully saturated rings. The van der Waals surface area contributed by atoms with Crippen LogP contribution < -0.4 is 5.32 Å². The number of carbonyl (C=O) groups excluding carboxylic acids is 1. The lowest BCUT2D eigenvalue weighted by molar-refractivity contribution is 0.0602. The zero-order chi connectivity index (χ0) is 14.7. The van der Waals surface area contributed by atoms with Crippen LogP contribution in [-0.4, -0.2) is 13.1 Å². The molecule has 0 aliphatic rings. The summed E-state index contributed by atoms with van der Waals surface area (Å²) in [4.78, 5) is 14.1. The van der Waals surface area contributed by atoms with Gasteiger partial charge in [-0.05, 0) is 47.1 Å². The Bertz CT molecular complexity index is 623. The van der Waals surface area contributed by atoms with E-state index in [9.17, 15) is 4.79 Å². The van der Waals surface area contributed by atoms with Gasteiger partial charge in [-0.1, -0.05) is 11.6 Å². The molecule has 0 amide bonds. The van der Waals surface area contributed by atoms with E-state index in [-0.39, 0.29) is 0 Å². The Labute approximate surface area is 135 Å². The van der Waals surface area contributed by atoms with Gasteiger partial charge < -0.3 is 10.1 Å². The summed E-state index contributed by atoms with van der Waals surface area (Å²) in [5.74, 6) is -0.404. The molecule has 1 heterocycles. The molecule has 0 atom stereocenters. The van der Waals surface area contributed by atoms with Crippen LogP contribution in [0, 0.1) is 6.92 Å². The van der Waals surface area contributed by atoms with Gasteiger partial charge in [0, 0.05) is 31.5 Å². The van der Waals surface area contributed by atoms with Gasteiger partial charge in [-0.25, -0.2) is 4.79 Å². The van der Waals surface area contributed by atoms with Gasteiger partial charge in [0.2, 0.25) is 0 Å². The van der Waals surface area contributed by atoms with Crippen molar-refractivity contribution in [2.24, 2.45) is 0 Å². The van der Waals surface area contributed by atoms with Crippen LogP contribution in [-0.2, 0) is 11.3 Å². The number of carbonyl (C=O) groups is 1. The molecule has 20 heavy (non-hydrogen) atoms. The minimum Gasteiger partial charge on any atom is -0.465 e. The predicted octanol–water partition coefficient (Wildman–Crippen LogP) is 4.87. The number of rotatable bonds is 4. The highest BCUT2D eigenvalue weighted by molar-refractivity contribution is 9.10. The number of ether oxygens (including phenoxy) is 1. The molecule has 0 saturated carbocycles. The highest BCUT2D eigenvalue weighted by Crippen LogP contribution is 2.28. The minimum absolute atomic E-state index is 0.404. The van der Waals surface area contributed by atoms with Crippen molar-refractivity contribution in [2.75, 3.05) is 12.4 Å². The molecule has 0 aliphatic carbocycles. The first kappa shape index (κ1) is 15.4. The number of thiophene rings is 1. The fraction of sp³-hybridized carbons (Fsp3) is 0.214. The predicted molar refractivity (Wildman–Crippen MR) is 86.9 cm³/mol. The Kier molecular flexibility index (Phi) is 5.07. The number of benzene rings is 1. The van der Waals surface area contributed by atoms with Gasteiger partial charge >= 0.3 is 5.97 Å². The zero-order valence-corrected chi connectivity index (χ0v) is 14.2. The van der Waals surface area contributed by atoms with Crippen LogP contribution in [0.1, 0.15) is 20.1 Å². The topological polar surface area (TPSA) is 38.3 Å². The van der Waals surface area contributed by atoms with Gasteiger partial charge in [0.1, 0.15) is 0 Å². The Morgan fingerprint density at radius 1 is 1.45 bits per heavy atom. The van der Waals surface area contributed by atoms with Crippen LogP contribution >= 0.6 is 38.9 Å². The second kappa shape index (κ2) is 6.61. The molecule has 0 radical (unpaired) electrons. The summed E-state index contributed by atoms with van der Waals surface area (Å²) >= 11 is 11.1. The molecule has 2 aromatic rings. The number of halogens is 2. The smallest absolute Gasteiger partial charge is 0.340 e. The summed E-state index contributed by atoms with van der Waals surface area (Å²) in [6.07, 6.45) is 0. The number of hydrogen-bond donors (Lipinski definition) is 1. The van der Waals surface area contributed by atoms with Crippen molar-refractivity contribution in [3.8, 4) is 0 Å². The first-order chi connectivity index (χ1) is 9.51. The van der Waals surface area contributed by atoms with Crippen molar-refractivity contribution < 1.29 is 9.53 Å². The number of methoxy groups -OCH3 is 1. The maximum absolute atomic E-state index is 11.7. The first-order valence-corrected chi connectivity index (χ1v) is 7.86. The fourth-order valence-corrected chi connectivity index (χ4v) is 3.45. The van der Waals surface area contributed by atoms with E-state index in [0.29, 0.717) is 22.8 Å². The maximum Gasteiger partial charge on any atom is 0.340 e. The molecule has 1 aromatic heterocycles. The van der Waals surface area contributed by atoms with Crippen LogP contribution in [0.25, 0.3) is 0 Å². The maximum atomic E-state index is 11.7. The van der Waals surface area contributed by atoms with E-state index in [1.165, 1.54) is 16.9 Å². The Morgan fingerprint density at radius 3 is 2.80 bits per heavy atom. The molecule has 0 aliphatic heterocycles. The van der Waals surface area contributed by atoms with Crippen LogP contribution in [0.3, 0.4) is 0 Å². The molecule has 0 bridgehead atoms. The molecule has 0 saturated heterocycles. The summed E-state index contributed by atoms with van der Waals surface area (Å²) in [6, 6.07) is 7.20. The van der Waals surface area contributed by atoms with Crippen molar-refractivity contribution in [1.29, 1.82) is 0 Å². The van der Waals surface area contributed by atoms with Crippen LogP contribution in [0.15, 0.2) is 28.7 Å². The monoisotopic (exact) mass is 373 g/mol. The molecular weight excluding hydrogens is 362 g/mol. The molecule has 0 spiro atoms. The third-order valence-corrected chi connectivity index (χ3v) is 5.12. The van der Waals surface area contributed by atoms with Gasteiger partial charge in [-0.2, -0.15) is 0 Å². The van der Waals surface area contributed by atoms with Gasteiger partial charge in [-0.15, -0.1) is 11.3 Å². The molecular formula is C14H13BrClNO2S. The Morgan fingerprint density at radius 2 is 2.20 bits per heavy atom. The van der Waals surface area contributed by atoms with Gasteiger partial charge in [-0.3, -0.25) is 0 Å². The lowest BCUT2D eigenvalue weighted by atomic mass is 10.2. The van der Waals surface area contributed by atoms with E-state index >= 15 is 0 Å². The SMILES string of the molecule is COC(=O)c1cc(Cl)ccc1NCc1cc(Br)c(C)s1. The quantitative estimate of drug-likeness (QED) is 0.776. The van der Waals surface area contributed by atoms with E-state index in [4.69, 9.17) is 16.3 Å². The third kappa shape index (κ3) is 3.53. The van der Waals surface area contributed by atoms with E-state index in [2.05, 4.69) is 34.2 Å². The second-order valence-corrected chi connectivity index (χ2v) is 6.78. The van der Waals surface area contributed by atoms with Crippen molar-refractivity contribution >= 4 is 50.5 Å². The standard InChI is InChI=1S/C14H13BrClNO2S/c1-8-12(15)6-10(20-8)7-17-13-4-3-9(16)5-11(13)14(18)19-2/h3-6,17H,7H2,1-2H3. The molecule has 6 heteroatoms. The van der Waals surface area contributed by atoms with Crippen LogP contribution in [0.2, 0.25) is 5.02 Å². The molecule has 2 rings (SSSR count). The van der Waals surface area contributed by atoms with Crippen LogP contribution in [0.5, 0.6) is 0 Å². The summed E-state index contributed by atoms with van der Waals surface area (Å²) in [5.41, 5.74) is 1.15. The van der Waals surface area contributed by atoms with Crippen molar-refractivity contribution in [2.45, 2.75) is 13.5 Å². The summed E-state index contributed by atoms with van der Waals surface area (Å²) < 4.78 is 5.87. The van der Waals surface area contributed by atoms with Gasteiger partial charge in [0.15, 0.2) is 0 Å². The van der Waals surface area contributed by atoms with E-state index in [1.807, 2.05) is 0 Å². The molecule has 1 N–H and O–H groups in total. The Hall–Kier alpha value is -1.04. The number of anilines is 1. The first-order valence-electron chi connectivity index (χ1n) is 5.88. The zero-order valence-electron chi connectivity index (χ0n) is 11.0. The molecule has 106 valence electrons. The third-order valence-electron chi connectivity index (χ3n) is 2.75. The molecule has 0 unspecified atom stereocenters. The highest BCUT2D eigenvalue weighted by Gasteiger charge is 2.13. The Balaban J connectivity index is 2.18. The highest BCUT2D eigenvalue weighted by atomic mass is 79.9. The van der Waals surface area contributed by atoms with E-state index in [1.54, 1.807) is 29.5 Å². The molecule has 1 aromatic carbocycles. The lowest BCUT2D eigenvalue weighted by Crippen LogP contribution is -2.07. The number of nitrogens with one attached hydrogen (secondary N) is 1. The summed E-state index contributed by atoms with van der Waals surface area (Å²) in [6.45, 7) is 2.70. The second-order valence-electron chi connectivity index (χ2n) is 4.15. The lowest BCUT2D eigenvalue weighted by Gasteiger charge is -2.10. The van der Waals surface area contributed by atoms with Crippen LogP contribution in [0.4, 0.5) is 5.69 Å². The largest absolute Gasteiger partial charge is 0.465 e. The van der Waals surface area contributed by atoms with Gasteiger partial charge in [0.05, 0.1) is 12.7 Å². The van der Waals surface area contributed by atoms with E-state index in [0.717, 1.165) is 4.47 Å². The number of esters is 1. The number of aryl methyl sites for hydroxylation is 1. The fourth-order valence-electron chi connectivity index (χ4n) is 1.74.